The molecule has 0 unspecified atom stereocenters. The molecule has 2 aromatic heterocycles. The summed E-state index contributed by atoms with van der Waals surface area (Å²) in [7, 11) is 0. The lowest BCUT2D eigenvalue weighted by atomic mass is 10.0. The van der Waals surface area contributed by atoms with Crippen molar-refractivity contribution < 1.29 is 13.2 Å². The van der Waals surface area contributed by atoms with Crippen LogP contribution in [0.3, 0.4) is 0 Å². The summed E-state index contributed by atoms with van der Waals surface area (Å²) >= 11 is 0. The zero-order chi connectivity index (χ0) is 17.6. The highest BCUT2D eigenvalue weighted by Gasteiger charge is 2.30. The van der Waals surface area contributed by atoms with E-state index in [4.69, 9.17) is 0 Å². The van der Waals surface area contributed by atoms with E-state index in [1.165, 1.54) is 12.1 Å². The Morgan fingerprint density at radius 2 is 1.68 bits per heavy atom. The Bertz CT molecular complexity index is 1130. The minimum atomic E-state index is -4.39. The summed E-state index contributed by atoms with van der Waals surface area (Å²) in [6.07, 6.45) is -2.61. The number of fused-ring (bicyclic) bond motifs is 3. The van der Waals surface area contributed by atoms with Gasteiger partial charge in [0.1, 0.15) is 11.6 Å². The summed E-state index contributed by atoms with van der Waals surface area (Å²) in [5.74, 6) is 0. The highest BCUT2D eigenvalue weighted by Crippen LogP contribution is 2.33. The van der Waals surface area contributed by atoms with Gasteiger partial charge in [-0.05, 0) is 35.9 Å². The Morgan fingerprint density at radius 1 is 0.960 bits per heavy atom. The van der Waals surface area contributed by atoms with Gasteiger partial charge in [-0.25, -0.2) is 4.98 Å². The molecule has 4 aromatic rings. The Balaban J connectivity index is 1.93. The number of aromatic nitrogens is 2. The van der Waals surface area contributed by atoms with E-state index in [1.807, 2.05) is 28.7 Å². The first-order valence-corrected chi connectivity index (χ1v) is 7.46. The second kappa shape index (κ2) is 5.35. The SMILES string of the molecule is N#Cc1c(-c2ccc(C(F)(F)F)cc2)ccn2c1nc1ccccc12. The molecule has 6 heteroatoms. The third-order valence-electron chi connectivity index (χ3n) is 4.11. The molecule has 0 saturated carbocycles. The van der Waals surface area contributed by atoms with Crippen molar-refractivity contribution in [3.63, 3.8) is 0 Å². The maximum Gasteiger partial charge on any atom is 0.416 e. The van der Waals surface area contributed by atoms with Crippen molar-refractivity contribution in [2.45, 2.75) is 6.18 Å². The zero-order valence-electron chi connectivity index (χ0n) is 12.7. The summed E-state index contributed by atoms with van der Waals surface area (Å²) in [5, 5.41) is 9.60. The molecule has 0 aliphatic heterocycles. The van der Waals surface area contributed by atoms with Crippen LogP contribution >= 0.6 is 0 Å². The van der Waals surface area contributed by atoms with Crippen LogP contribution < -0.4 is 0 Å². The van der Waals surface area contributed by atoms with E-state index in [9.17, 15) is 18.4 Å². The lowest BCUT2D eigenvalue weighted by Crippen LogP contribution is -2.04. The number of rotatable bonds is 1. The van der Waals surface area contributed by atoms with E-state index < -0.39 is 11.7 Å². The van der Waals surface area contributed by atoms with Crippen molar-refractivity contribution >= 4 is 16.7 Å². The van der Waals surface area contributed by atoms with Gasteiger partial charge in [0, 0.05) is 11.8 Å². The number of hydrogen-bond acceptors (Lipinski definition) is 2. The molecule has 3 nitrogen and oxygen atoms in total. The van der Waals surface area contributed by atoms with E-state index in [1.54, 1.807) is 12.3 Å². The molecular formula is C19H10F3N3. The van der Waals surface area contributed by atoms with Crippen LogP contribution in [0.1, 0.15) is 11.1 Å². The van der Waals surface area contributed by atoms with Crippen LogP contribution in [0.4, 0.5) is 13.2 Å². The summed E-state index contributed by atoms with van der Waals surface area (Å²) in [6, 6.07) is 16.1. The van der Waals surface area contributed by atoms with E-state index in [0.29, 0.717) is 22.3 Å². The maximum absolute atomic E-state index is 12.7. The number of alkyl halides is 3. The molecule has 0 bridgehead atoms. The molecule has 0 N–H and O–H groups in total. The van der Waals surface area contributed by atoms with E-state index in [-0.39, 0.29) is 0 Å². The van der Waals surface area contributed by atoms with Gasteiger partial charge in [-0.15, -0.1) is 0 Å². The van der Waals surface area contributed by atoms with Gasteiger partial charge in [0.2, 0.25) is 0 Å². The lowest BCUT2D eigenvalue weighted by molar-refractivity contribution is -0.137. The van der Waals surface area contributed by atoms with Gasteiger partial charge >= 0.3 is 6.18 Å². The second-order valence-corrected chi connectivity index (χ2v) is 5.59. The van der Waals surface area contributed by atoms with Crippen molar-refractivity contribution in [1.82, 2.24) is 9.38 Å². The number of nitriles is 1. The monoisotopic (exact) mass is 337 g/mol. The molecule has 122 valence electrons. The number of hydrogen-bond donors (Lipinski definition) is 0. The Morgan fingerprint density at radius 3 is 2.36 bits per heavy atom. The van der Waals surface area contributed by atoms with Gasteiger partial charge in [-0.1, -0.05) is 24.3 Å². The molecule has 2 aromatic carbocycles. The first kappa shape index (κ1) is 15.2. The molecule has 0 atom stereocenters. The molecule has 0 fully saturated rings. The first-order chi connectivity index (χ1) is 12.0. The third-order valence-corrected chi connectivity index (χ3v) is 4.11. The average molecular weight is 337 g/mol. The number of para-hydroxylation sites is 2. The molecule has 25 heavy (non-hydrogen) atoms. The number of nitrogens with zero attached hydrogens (tertiary/aromatic N) is 3. The Kier molecular flexibility index (Phi) is 3.25. The molecule has 2 heterocycles. The van der Waals surface area contributed by atoms with Crippen LogP contribution in [0.5, 0.6) is 0 Å². The van der Waals surface area contributed by atoms with Crippen LogP contribution in [0.2, 0.25) is 0 Å². The molecule has 0 amide bonds. The van der Waals surface area contributed by atoms with Gasteiger partial charge in [0.15, 0.2) is 5.65 Å². The topological polar surface area (TPSA) is 41.1 Å². The molecular weight excluding hydrogens is 327 g/mol. The highest BCUT2D eigenvalue weighted by molar-refractivity contribution is 5.86. The fourth-order valence-corrected chi connectivity index (χ4v) is 2.91. The quantitative estimate of drug-likeness (QED) is 0.488. The van der Waals surface area contributed by atoms with Crippen LogP contribution in [0.15, 0.2) is 60.8 Å². The van der Waals surface area contributed by atoms with Gasteiger partial charge in [0.25, 0.3) is 0 Å². The van der Waals surface area contributed by atoms with E-state index in [0.717, 1.165) is 23.2 Å². The van der Waals surface area contributed by atoms with Crippen molar-refractivity contribution in [3.8, 4) is 17.2 Å². The molecule has 0 radical (unpaired) electrons. The smallest absolute Gasteiger partial charge is 0.299 e. The normalized spacial score (nSPS) is 11.8. The fraction of sp³-hybridized carbons (Fsp3) is 0.0526. The van der Waals surface area contributed by atoms with E-state index >= 15 is 0 Å². The summed E-state index contributed by atoms with van der Waals surface area (Å²) < 4.78 is 40.0. The predicted octanol–water partition coefficient (Wildman–Crippen LogP) is 5.04. The Hall–Kier alpha value is -3.33. The first-order valence-electron chi connectivity index (χ1n) is 7.46. The molecule has 0 aliphatic rings. The maximum atomic E-state index is 12.7. The molecule has 0 saturated heterocycles. The number of benzene rings is 2. The van der Waals surface area contributed by atoms with Crippen molar-refractivity contribution in [1.29, 1.82) is 5.26 Å². The number of pyridine rings is 1. The second-order valence-electron chi connectivity index (χ2n) is 5.59. The average Bonchev–Trinajstić information content (AvgIpc) is 2.99. The molecule has 0 aliphatic carbocycles. The molecule has 4 rings (SSSR count). The predicted molar refractivity (Wildman–Crippen MR) is 87.9 cm³/mol. The minimum Gasteiger partial charge on any atom is -0.299 e. The minimum absolute atomic E-state index is 0.332. The fourth-order valence-electron chi connectivity index (χ4n) is 2.91. The van der Waals surface area contributed by atoms with Gasteiger partial charge < -0.3 is 0 Å². The summed E-state index contributed by atoms with van der Waals surface area (Å²) in [5.41, 5.74) is 2.82. The van der Waals surface area contributed by atoms with Crippen LogP contribution in [0.25, 0.3) is 27.8 Å². The van der Waals surface area contributed by atoms with Gasteiger partial charge in [-0.2, -0.15) is 18.4 Å². The van der Waals surface area contributed by atoms with Crippen LogP contribution in [-0.2, 0) is 6.18 Å². The highest BCUT2D eigenvalue weighted by atomic mass is 19.4. The third kappa shape index (κ3) is 2.41. The standard InChI is InChI=1S/C19H10F3N3/c20-19(21,22)13-7-5-12(6-8-13)14-9-10-25-17-4-2-1-3-16(17)24-18(25)15(14)11-23/h1-10H. The number of halogens is 3. The van der Waals surface area contributed by atoms with Crippen molar-refractivity contribution in [3.05, 3.63) is 71.9 Å². The van der Waals surface area contributed by atoms with Gasteiger partial charge in [0.05, 0.1) is 16.6 Å². The van der Waals surface area contributed by atoms with Crippen molar-refractivity contribution in [2.75, 3.05) is 0 Å². The van der Waals surface area contributed by atoms with Crippen LogP contribution in [-0.4, -0.2) is 9.38 Å². The largest absolute Gasteiger partial charge is 0.416 e. The zero-order valence-corrected chi connectivity index (χ0v) is 12.7. The number of imidazole rings is 1. The van der Waals surface area contributed by atoms with Gasteiger partial charge in [-0.3, -0.25) is 4.40 Å². The Labute approximate surface area is 140 Å². The lowest BCUT2D eigenvalue weighted by Gasteiger charge is -2.09. The van der Waals surface area contributed by atoms with Crippen molar-refractivity contribution in [2.24, 2.45) is 0 Å². The summed E-state index contributed by atoms with van der Waals surface area (Å²) in [4.78, 5) is 4.49. The molecule has 0 spiro atoms. The summed E-state index contributed by atoms with van der Waals surface area (Å²) in [6.45, 7) is 0. The van der Waals surface area contributed by atoms with Crippen LogP contribution in [0, 0.1) is 11.3 Å². The van der Waals surface area contributed by atoms with E-state index in [2.05, 4.69) is 11.1 Å².